The predicted octanol–water partition coefficient (Wildman–Crippen LogP) is 3.51. The van der Waals surface area contributed by atoms with Gasteiger partial charge >= 0.3 is 0 Å². The minimum absolute atomic E-state index is 0. The minimum Gasteiger partial charge on any atom is -0.381 e. The second kappa shape index (κ2) is 8.91. The van der Waals surface area contributed by atoms with Crippen LogP contribution in [0.4, 0.5) is 0 Å². The Bertz CT molecular complexity index is 629. The fourth-order valence-electron chi connectivity index (χ4n) is 4.87. The number of guanidine groups is 1. The quantitative estimate of drug-likeness (QED) is 0.408. The smallest absolute Gasteiger partial charge is 0.193 e. The highest BCUT2D eigenvalue weighted by Crippen LogP contribution is 2.60. The van der Waals surface area contributed by atoms with Gasteiger partial charge in [-0.05, 0) is 60.5 Å². The van der Waals surface area contributed by atoms with Gasteiger partial charge in [0.05, 0.1) is 0 Å². The number of nitrogens with one attached hydrogen (secondary N) is 1. The number of hydrogen-bond donors (Lipinski definition) is 1. The number of aliphatic imine (C=N–C) groups is 1. The molecule has 4 nitrogen and oxygen atoms in total. The number of rotatable bonds is 5. The molecule has 1 heterocycles. The molecular formula is C21H32IN3O. The summed E-state index contributed by atoms with van der Waals surface area (Å²) in [4.78, 5) is 6.79. The first-order chi connectivity index (χ1) is 12.3. The molecule has 3 unspecified atom stereocenters. The Morgan fingerprint density at radius 3 is 2.81 bits per heavy atom. The van der Waals surface area contributed by atoms with Crippen molar-refractivity contribution in [2.24, 2.45) is 22.7 Å². The Hall–Kier alpha value is -0.820. The Morgan fingerprint density at radius 1 is 1.27 bits per heavy atom. The molecule has 1 N–H and O–H groups in total. The summed E-state index contributed by atoms with van der Waals surface area (Å²) in [5.41, 5.74) is 3.17. The molecule has 0 radical (unpaired) electrons. The summed E-state index contributed by atoms with van der Waals surface area (Å²) in [5.74, 6) is 4.29. The molecule has 2 aliphatic carbocycles. The summed E-state index contributed by atoms with van der Waals surface area (Å²) < 4.78 is 5.46. The SMILES string of the molecule is CN=C(NCC1C2Cc3ccccc3C12)N(C)CCC1CCOCC1.I. The van der Waals surface area contributed by atoms with Gasteiger partial charge in [0.15, 0.2) is 5.96 Å². The molecule has 3 atom stereocenters. The lowest BCUT2D eigenvalue weighted by molar-refractivity contribution is 0.0625. The van der Waals surface area contributed by atoms with Crippen LogP contribution in [-0.2, 0) is 11.2 Å². The first-order valence-corrected chi connectivity index (χ1v) is 9.85. The molecule has 1 saturated heterocycles. The molecule has 2 fully saturated rings. The van der Waals surface area contributed by atoms with Crippen LogP contribution in [0.5, 0.6) is 0 Å². The summed E-state index contributed by atoms with van der Waals surface area (Å²) in [7, 11) is 4.06. The molecule has 1 aromatic carbocycles. The number of fused-ring (bicyclic) bond motifs is 3. The van der Waals surface area contributed by atoms with E-state index in [2.05, 4.69) is 46.5 Å². The average molecular weight is 469 g/mol. The van der Waals surface area contributed by atoms with Crippen molar-refractivity contribution in [3.8, 4) is 0 Å². The Kier molecular flexibility index (Phi) is 6.83. The van der Waals surface area contributed by atoms with E-state index in [0.717, 1.165) is 55.9 Å². The molecule has 5 heteroatoms. The van der Waals surface area contributed by atoms with E-state index in [1.165, 1.54) is 25.7 Å². The van der Waals surface area contributed by atoms with Crippen molar-refractivity contribution in [1.29, 1.82) is 0 Å². The summed E-state index contributed by atoms with van der Waals surface area (Å²) in [5, 5.41) is 3.63. The molecule has 0 amide bonds. The normalized spacial score (nSPS) is 27.3. The molecule has 4 rings (SSSR count). The minimum atomic E-state index is 0. The third-order valence-electron chi connectivity index (χ3n) is 6.48. The number of halogens is 1. The lowest BCUT2D eigenvalue weighted by atomic mass is 9.96. The van der Waals surface area contributed by atoms with Crippen molar-refractivity contribution in [3.05, 3.63) is 35.4 Å². The van der Waals surface area contributed by atoms with Crippen molar-refractivity contribution < 1.29 is 4.74 Å². The second-order valence-corrected chi connectivity index (χ2v) is 7.95. The molecular weight excluding hydrogens is 437 g/mol. The predicted molar refractivity (Wildman–Crippen MR) is 117 cm³/mol. The lowest BCUT2D eigenvalue weighted by Gasteiger charge is -2.27. The highest BCUT2D eigenvalue weighted by Gasteiger charge is 2.54. The second-order valence-electron chi connectivity index (χ2n) is 7.95. The first-order valence-electron chi connectivity index (χ1n) is 9.85. The molecule has 1 saturated carbocycles. The van der Waals surface area contributed by atoms with Crippen LogP contribution in [0.15, 0.2) is 29.3 Å². The maximum absolute atomic E-state index is 5.46. The van der Waals surface area contributed by atoms with Crippen LogP contribution < -0.4 is 5.32 Å². The molecule has 1 aliphatic heterocycles. The fraction of sp³-hybridized carbons (Fsp3) is 0.667. The molecule has 3 aliphatic rings. The van der Waals surface area contributed by atoms with E-state index in [-0.39, 0.29) is 24.0 Å². The standard InChI is InChI=1S/C21H31N3O.HI/c1-22-21(24(2)10-7-15-8-11-25-12-9-15)23-14-19-18-13-16-5-3-4-6-17(16)20(18)19;/h3-6,15,18-20H,7-14H2,1-2H3,(H,22,23);1H. The van der Waals surface area contributed by atoms with Gasteiger partial charge in [-0.1, -0.05) is 24.3 Å². The summed E-state index contributed by atoms with van der Waals surface area (Å²) in [6.07, 6.45) is 4.93. The van der Waals surface area contributed by atoms with Gasteiger partial charge in [0.25, 0.3) is 0 Å². The van der Waals surface area contributed by atoms with Crippen LogP contribution in [0.3, 0.4) is 0 Å². The number of benzene rings is 1. The maximum Gasteiger partial charge on any atom is 0.193 e. The Morgan fingerprint density at radius 2 is 2.04 bits per heavy atom. The maximum atomic E-state index is 5.46. The van der Waals surface area contributed by atoms with Crippen LogP contribution in [0.1, 0.15) is 36.3 Å². The van der Waals surface area contributed by atoms with Gasteiger partial charge in [0.2, 0.25) is 0 Å². The lowest BCUT2D eigenvalue weighted by Crippen LogP contribution is -2.41. The van der Waals surface area contributed by atoms with Crippen molar-refractivity contribution in [2.75, 3.05) is 40.4 Å². The monoisotopic (exact) mass is 469 g/mol. The Labute approximate surface area is 174 Å². The van der Waals surface area contributed by atoms with E-state index in [4.69, 9.17) is 4.74 Å². The van der Waals surface area contributed by atoms with Gasteiger partial charge in [-0.2, -0.15) is 0 Å². The van der Waals surface area contributed by atoms with Crippen molar-refractivity contribution in [3.63, 3.8) is 0 Å². The van der Waals surface area contributed by atoms with Gasteiger partial charge in [-0.3, -0.25) is 4.99 Å². The highest BCUT2D eigenvalue weighted by atomic mass is 127. The summed E-state index contributed by atoms with van der Waals surface area (Å²) >= 11 is 0. The van der Waals surface area contributed by atoms with Gasteiger partial charge in [-0.15, -0.1) is 24.0 Å². The van der Waals surface area contributed by atoms with Crippen LogP contribution >= 0.6 is 24.0 Å². The zero-order valence-corrected chi connectivity index (χ0v) is 18.3. The Balaban J connectivity index is 0.00000196. The van der Waals surface area contributed by atoms with E-state index in [1.807, 2.05) is 7.05 Å². The molecule has 0 bridgehead atoms. The zero-order chi connectivity index (χ0) is 17.2. The average Bonchev–Trinajstić information content (AvgIpc) is 3.19. The van der Waals surface area contributed by atoms with Gasteiger partial charge in [0.1, 0.15) is 0 Å². The van der Waals surface area contributed by atoms with Gasteiger partial charge < -0.3 is 15.0 Å². The van der Waals surface area contributed by atoms with E-state index in [9.17, 15) is 0 Å². The van der Waals surface area contributed by atoms with Crippen molar-refractivity contribution >= 4 is 29.9 Å². The zero-order valence-electron chi connectivity index (χ0n) is 16.0. The fourth-order valence-corrected chi connectivity index (χ4v) is 4.87. The van der Waals surface area contributed by atoms with Gasteiger partial charge in [0, 0.05) is 40.4 Å². The topological polar surface area (TPSA) is 36.9 Å². The molecule has 26 heavy (non-hydrogen) atoms. The molecule has 1 aromatic rings. The third-order valence-corrected chi connectivity index (χ3v) is 6.48. The molecule has 0 spiro atoms. The van der Waals surface area contributed by atoms with E-state index >= 15 is 0 Å². The first kappa shape index (κ1) is 19.9. The third kappa shape index (κ3) is 4.19. The number of nitrogens with zero attached hydrogens (tertiary/aromatic N) is 2. The van der Waals surface area contributed by atoms with Crippen LogP contribution in [0, 0.1) is 17.8 Å². The highest BCUT2D eigenvalue weighted by molar-refractivity contribution is 14.0. The number of hydrogen-bond acceptors (Lipinski definition) is 2. The van der Waals surface area contributed by atoms with Gasteiger partial charge in [-0.25, -0.2) is 0 Å². The molecule has 0 aromatic heterocycles. The van der Waals surface area contributed by atoms with E-state index in [1.54, 1.807) is 11.1 Å². The van der Waals surface area contributed by atoms with E-state index in [0.29, 0.717) is 0 Å². The molecule has 144 valence electrons. The van der Waals surface area contributed by atoms with Crippen LogP contribution in [0.25, 0.3) is 0 Å². The van der Waals surface area contributed by atoms with Crippen molar-refractivity contribution in [2.45, 2.75) is 31.6 Å². The number of ether oxygens (including phenoxy) is 1. The van der Waals surface area contributed by atoms with E-state index < -0.39 is 0 Å². The van der Waals surface area contributed by atoms with Crippen LogP contribution in [-0.4, -0.2) is 51.3 Å². The van der Waals surface area contributed by atoms with Crippen molar-refractivity contribution in [1.82, 2.24) is 10.2 Å². The largest absolute Gasteiger partial charge is 0.381 e. The van der Waals surface area contributed by atoms with Crippen LogP contribution in [0.2, 0.25) is 0 Å². The summed E-state index contributed by atoms with van der Waals surface area (Å²) in [6.45, 7) is 4.00. The summed E-state index contributed by atoms with van der Waals surface area (Å²) in [6, 6.07) is 8.99.